The minimum Gasteiger partial charge on any atom is -0.475 e. The van der Waals surface area contributed by atoms with Crippen LogP contribution in [0.2, 0.25) is 0 Å². The number of fused-ring (bicyclic) bond motifs is 1. The summed E-state index contributed by atoms with van der Waals surface area (Å²) in [5, 5.41) is 13.3. The number of unbranched alkanes of at least 4 members (excludes halogenated alkanes) is 5. The van der Waals surface area contributed by atoms with E-state index in [9.17, 15) is 4.79 Å². The number of nitrogens with zero attached hydrogens (tertiary/aromatic N) is 2. The van der Waals surface area contributed by atoms with E-state index in [0.29, 0.717) is 0 Å². The number of carboxylic acids is 1. The Kier molecular flexibility index (Phi) is 9.19. The van der Waals surface area contributed by atoms with Crippen LogP contribution in [0.5, 0.6) is 0 Å². The second-order valence-corrected chi connectivity index (χ2v) is 11.3. The molecule has 0 saturated heterocycles. The summed E-state index contributed by atoms with van der Waals surface area (Å²) < 4.78 is 0. The van der Waals surface area contributed by atoms with Gasteiger partial charge in [-0.05, 0) is 89.6 Å². The highest BCUT2D eigenvalue weighted by atomic mass is 32.2. The first kappa shape index (κ1) is 26.0. The number of allylic oxidation sites excluding steroid dienone is 2. The van der Waals surface area contributed by atoms with Gasteiger partial charge in [0.2, 0.25) is 0 Å². The van der Waals surface area contributed by atoms with Crippen LogP contribution in [0, 0.1) is 6.57 Å². The third-order valence-electron chi connectivity index (χ3n) is 6.92. The highest BCUT2D eigenvalue weighted by Crippen LogP contribution is 2.39. The van der Waals surface area contributed by atoms with Crippen molar-refractivity contribution in [2.24, 2.45) is 0 Å². The van der Waals surface area contributed by atoms with E-state index < -0.39 is 12.0 Å². The Balaban J connectivity index is 1.43. The Hall–Kier alpha value is -3.10. The van der Waals surface area contributed by atoms with Crippen LogP contribution in [0.25, 0.3) is 4.85 Å². The molecule has 2 aromatic carbocycles. The van der Waals surface area contributed by atoms with Crippen molar-refractivity contribution in [3.8, 4) is 0 Å². The lowest BCUT2D eigenvalue weighted by molar-refractivity contribution is -0.136. The lowest BCUT2D eigenvalue weighted by Gasteiger charge is -2.32. The third-order valence-corrected chi connectivity index (χ3v) is 8.68. The van der Waals surface area contributed by atoms with Gasteiger partial charge in [0.25, 0.3) is 0 Å². The summed E-state index contributed by atoms with van der Waals surface area (Å²) in [6, 6.07) is 14.8. The minimum absolute atomic E-state index is 0.204. The molecule has 2 atom stereocenters. The summed E-state index contributed by atoms with van der Waals surface area (Å²) >= 11 is 0. The molecule has 0 radical (unpaired) electrons. The van der Waals surface area contributed by atoms with Crippen molar-refractivity contribution in [3.63, 3.8) is 0 Å². The molecular weight excluding hydrogens is 464 g/mol. The van der Waals surface area contributed by atoms with Crippen LogP contribution in [0.1, 0.15) is 63.0 Å². The van der Waals surface area contributed by atoms with Crippen molar-refractivity contribution >= 4 is 33.2 Å². The molecule has 0 aromatic heterocycles. The maximum Gasteiger partial charge on any atom is 0.392 e. The van der Waals surface area contributed by atoms with Gasteiger partial charge >= 0.3 is 12.0 Å². The Bertz CT molecular complexity index is 1200. The van der Waals surface area contributed by atoms with Crippen molar-refractivity contribution in [1.29, 1.82) is 0 Å². The highest BCUT2D eigenvalue weighted by molar-refractivity contribution is 8.18. The summed E-state index contributed by atoms with van der Waals surface area (Å²) in [4.78, 5) is 18.1. The van der Waals surface area contributed by atoms with Gasteiger partial charge < -0.3 is 10.0 Å². The fourth-order valence-corrected chi connectivity index (χ4v) is 6.53. The van der Waals surface area contributed by atoms with Gasteiger partial charge in [0.15, 0.2) is 0 Å². The molecule has 4 rings (SSSR count). The zero-order valence-electron chi connectivity index (χ0n) is 21.2. The first-order valence-corrected chi connectivity index (χ1v) is 14.5. The second-order valence-electron chi connectivity index (χ2n) is 9.60. The molecule has 2 unspecified atom stereocenters. The molecule has 2 aliphatic rings. The van der Waals surface area contributed by atoms with Crippen molar-refractivity contribution < 1.29 is 9.90 Å². The van der Waals surface area contributed by atoms with Gasteiger partial charge in [-0.1, -0.05) is 51.2 Å². The molecule has 0 saturated carbocycles. The highest BCUT2D eigenvalue weighted by Gasteiger charge is 2.21. The molecule has 2 heterocycles. The number of carboxylic acid groups (broad SMARTS) is 1. The van der Waals surface area contributed by atoms with Gasteiger partial charge in [-0.15, -0.1) is 10.5 Å². The Labute approximate surface area is 218 Å². The van der Waals surface area contributed by atoms with E-state index in [2.05, 4.69) is 69.9 Å². The number of hydrogen-bond acceptors (Lipinski definition) is 2. The molecule has 0 aliphatic carbocycles. The van der Waals surface area contributed by atoms with Crippen LogP contribution in [-0.4, -0.2) is 29.0 Å². The molecule has 0 amide bonds. The average molecular weight is 501 g/mol. The van der Waals surface area contributed by atoms with Gasteiger partial charge in [-0.2, -0.15) is 0 Å². The largest absolute Gasteiger partial charge is 0.475 e. The SMILES string of the molecule is [C-]#[N+]C(C=C1C=CS(c2ccc3c(c2)CCCN3c2ccc(CCCCCCCC)cc2)=C1)C(=O)O. The molecule has 36 heavy (non-hydrogen) atoms. The molecule has 0 bridgehead atoms. The van der Waals surface area contributed by atoms with Gasteiger partial charge in [-0.3, -0.25) is 4.85 Å². The Morgan fingerprint density at radius 1 is 1.14 bits per heavy atom. The molecule has 2 aromatic rings. The van der Waals surface area contributed by atoms with Crippen LogP contribution < -0.4 is 4.90 Å². The average Bonchev–Trinajstić information content (AvgIpc) is 3.37. The summed E-state index contributed by atoms with van der Waals surface area (Å²) in [6.07, 6.45) is 14.8. The molecular formula is C31H36N2O2S. The molecule has 188 valence electrons. The van der Waals surface area contributed by atoms with Gasteiger partial charge in [0, 0.05) is 28.9 Å². The van der Waals surface area contributed by atoms with Crippen molar-refractivity contribution in [1.82, 2.24) is 0 Å². The first-order valence-electron chi connectivity index (χ1n) is 13.1. The molecule has 1 N–H and O–H groups in total. The number of anilines is 2. The molecule has 5 heteroatoms. The molecule has 0 fully saturated rings. The maximum atomic E-state index is 11.2. The van der Waals surface area contributed by atoms with Crippen LogP contribution >= 0.6 is 10.5 Å². The van der Waals surface area contributed by atoms with Crippen molar-refractivity contribution in [2.45, 2.75) is 75.6 Å². The second kappa shape index (κ2) is 12.7. The number of aliphatic carboxylic acids is 1. The first-order chi connectivity index (χ1) is 17.6. The van der Waals surface area contributed by atoms with Crippen LogP contribution in [-0.2, 0) is 17.6 Å². The monoisotopic (exact) mass is 500 g/mol. The van der Waals surface area contributed by atoms with E-state index in [1.807, 2.05) is 6.08 Å². The normalized spacial score (nSPS) is 18.5. The lowest BCUT2D eigenvalue weighted by atomic mass is 10.0. The van der Waals surface area contributed by atoms with E-state index in [1.54, 1.807) is 0 Å². The Morgan fingerprint density at radius 3 is 2.67 bits per heavy atom. The zero-order chi connectivity index (χ0) is 25.3. The standard InChI is InChI=1S/C31H36N2O2S/c1-3-4-5-6-7-8-10-24-12-14-27(15-13-24)33-19-9-11-26-22-28(16-17-30(26)33)36-20-18-25(23-36)21-29(32-2)31(34)35/h12-18,20-23,29H,3-11,19H2,1H3,(H,34,35). The topological polar surface area (TPSA) is 44.9 Å². The summed E-state index contributed by atoms with van der Waals surface area (Å²) in [5.41, 5.74) is 6.16. The van der Waals surface area contributed by atoms with Crippen LogP contribution in [0.3, 0.4) is 0 Å². The maximum absolute atomic E-state index is 11.2. The summed E-state index contributed by atoms with van der Waals surface area (Å²) in [7, 11) is -0.204. The van der Waals surface area contributed by atoms with Gasteiger partial charge in [0.05, 0.1) is 0 Å². The summed E-state index contributed by atoms with van der Waals surface area (Å²) in [5.74, 6) is -1.10. The number of aryl methyl sites for hydroxylation is 2. The number of hydrogen-bond donors (Lipinski definition) is 1. The number of benzene rings is 2. The zero-order valence-corrected chi connectivity index (χ0v) is 22.0. The van der Waals surface area contributed by atoms with Crippen LogP contribution in [0.4, 0.5) is 11.4 Å². The molecule has 0 spiro atoms. The quantitative estimate of drug-likeness (QED) is 0.147. The van der Waals surface area contributed by atoms with Gasteiger partial charge in [-0.25, -0.2) is 11.4 Å². The third kappa shape index (κ3) is 6.56. The number of carbonyl (C=O) groups is 1. The number of rotatable bonds is 11. The van der Waals surface area contributed by atoms with Crippen molar-refractivity contribution in [2.75, 3.05) is 11.4 Å². The molecule has 2 aliphatic heterocycles. The van der Waals surface area contributed by atoms with E-state index in [-0.39, 0.29) is 10.5 Å². The minimum atomic E-state index is -1.13. The fourth-order valence-electron chi connectivity index (χ4n) is 4.90. The van der Waals surface area contributed by atoms with Crippen molar-refractivity contribution in [3.05, 3.63) is 88.1 Å². The fraction of sp³-hybridized carbons (Fsp3) is 0.387. The predicted molar refractivity (Wildman–Crippen MR) is 152 cm³/mol. The smallest absolute Gasteiger partial charge is 0.392 e. The van der Waals surface area contributed by atoms with E-state index in [1.165, 1.54) is 72.0 Å². The molecule has 4 nitrogen and oxygen atoms in total. The summed E-state index contributed by atoms with van der Waals surface area (Å²) in [6.45, 7) is 10.4. The predicted octanol–water partition coefficient (Wildman–Crippen LogP) is 7.93. The lowest BCUT2D eigenvalue weighted by Crippen LogP contribution is -2.24. The van der Waals surface area contributed by atoms with Crippen LogP contribution in [0.15, 0.2) is 70.5 Å². The van der Waals surface area contributed by atoms with Gasteiger partial charge in [0.1, 0.15) is 0 Å². The Morgan fingerprint density at radius 2 is 1.92 bits per heavy atom. The van der Waals surface area contributed by atoms with E-state index in [4.69, 9.17) is 11.7 Å². The van der Waals surface area contributed by atoms with E-state index in [0.717, 1.165) is 31.4 Å². The van der Waals surface area contributed by atoms with E-state index >= 15 is 0 Å².